The Bertz CT molecular complexity index is 2050. The number of nitrogens with zero attached hydrogens (tertiary/aromatic N) is 3. The number of aliphatic carboxylic acids is 1. The summed E-state index contributed by atoms with van der Waals surface area (Å²) in [5.74, 6) is -3.92. The average molecular weight is 795 g/mol. The van der Waals surface area contributed by atoms with Gasteiger partial charge in [-0.1, -0.05) is 33.8 Å². The molecular weight excluding hydrogens is 748 g/mol. The summed E-state index contributed by atoms with van der Waals surface area (Å²) < 4.78 is 33.2. The van der Waals surface area contributed by atoms with Gasteiger partial charge in [-0.2, -0.15) is 0 Å². The predicted molar refractivity (Wildman–Crippen MR) is 205 cm³/mol. The highest BCUT2D eigenvalue weighted by Gasteiger charge is 2.61. The summed E-state index contributed by atoms with van der Waals surface area (Å²) in [5.41, 5.74) is -1.95. The van der Waals surface area contributed by atoms with E-state index in [1.807, 2.05) is 0 Å². The average Bonchev–Trinajstić information content (AvgIpc) is 3.57. The third-order valence-electron chi connectivity index (χ3n) is 10.5. The zero-order valence-electron chi connectivity index (χ0n) is 32.0. The van der Waals surface area contributed by atoms with E-state index in [0.717, 1.165) is 37.0 Å². The van der Waals surface area contributed by atoms with E-state index in [0.29, 0.717) is 10.8 Å². The van der Waals surface area contributed by atoms with Gasteiger partial charge in [0, 0.05) is 35.6 Å². The van der Waals surface area contributed by atoms with Gasteiger partial charge in [-0.25, -0.2) is 23.9 Å². The zero-order valence-corrected chi connectivity index (χ0v) is 32.8. The quantitative estimate of drug-likeness (QED) is 0.161. The number of aromatic nitrogens is 2. The number of pyridine rings is 1. The zero-order chi connectivity index (χ0) is 40.5. The number of hydrogen-bond acceptors (Lipinski definition) is 11. The molecule has 4 N–H and O–H groups in total. The molecule has 0 radical (unpaired) electrons. The molecule has 3 aliphatic rings. The lowest BCUT2D eigenvalue weighted by molar-refractivity contribution is -0.146. The van der Waals surface area contributed by atoms with Crippen LogP contribution in [0.2, 0.25) is 0 Å². The Hall–Kier alpha value is -5.32. The van der Waals surface area contributed by atoms with Gasteiger partial charge in [-0.05, 0) is 49.7 Å². The number of benzene rings is 1. The highest BCUT2D eigenvalue weighted by atomic mass is 32.1. The summed E-state index contributed by atoms with van der Waals surface area (Å²) in [6.45, 7) is 10.6. The molecule has 1 aliphatic heterocycles. The Labute approximate surface area is 327 Å². The fourth-order valence-corrected chi connectivity index (χ4v) is 7.97. The molecule has 2 aromatic heterocycles. The number of carboxylic acid groups (broad SMARTS) is 1. The molecule has 1 aromatic carbocycles. The Morgan fingerprint density at radius 1 is 1.12 bits per heavy atom. The fraction of sp³-hybridized carbons (Fsp3) is 0.513. The van der Waals surface area contributed by atoms with Crippen LogP contribution in [0.25, 0.3) is 22.3 Å². The van der Waals surface area contributed by atoms with E-state index in [-0.39, 0.29) is 65.9 Å². The van der Waals surface area contributed by atoms with Crippen LogP contribution in [0, 0.1) is 17.2 Å². The summed E-state index contributed by atoms with van der Waals surface area (Å²) in [7, 11) is 1.32. The van der Waals surface area contributed by atoms with Crippen LogP contribution in [-0.2, 0) is 23.9 Å². The van der Waals surface area contributed by atoms with Gasteiger partial charge in [-0.15, -0.1) is 17.9 Å². The van der Waals surface area contributed by atoms with Crippen LogP contribution in [0.15, 0.2) is 36.2 Å². The van der Waals surface area contributed by atoms with Crippen molar-refractivity contribution >= 4 is 57.2 Å². The number of carbonyl (C=O) groups is 5. The summed E-state index contributed by atoms with van der Waals surface area (Å²) in [4.78, 5) is 76.4. The number of rotatable bonds is 13. The second-order valence-electron chi connectivity index (χ2n) is 15.5. The van der Waals surface area contributed by atoms with E-state index >= 15 is 4.39 Å². The van der Waals surface area contributed by atoms with Gasteiger partial charge >= 0.3 is 12.1 Å². The van der Waals surface area contributed by atoms with Crippen LogP contribution < -0.4 is 25.4 Å². The van der Waals surface area contributed by atoms with Crippen LogP contribution in [0.1, 0.15) is 72.6 Å². The van der Waals surface area contributed by atoms with E-state index in [4.69, 9.17) is 14.2 Å². The Balaban J connectivity index is 1.34. The van der Waals surface area contributed by atoms with E-state index < -0.39 is 64.8 Å². The van der Waals surface area contributed by atoms with Gasteiger partial charge in [0.25, 0.3) is 0 Å². The number of carboxylic acids is 1. The molecule has 2 saturated carbocycles. The number of anilines is 1. The van der Waals surface area contributed by atoms with Crippen molar-refractivity contribution < 1.29 is 47.7 Å². The van der Waals surface area contributed by atoms with E-state index in [1.54, 1.807) is 45.2 Å². The van der Waals surface area contributed by atoms with Crippen molar-refractivity contribution in [3.8, 4) is 22.9 Å². The van der Waals surface area contributed by atoms with Crippen molar-refractivity contribution in [1.29, 1.82) is 0 Å². The van der Waals surface area contributed by atoms with Crippen LogP contribution in [0.3, 0.4) is 0 Å². The first kappa shape index (κ1) is 40.3. The second kappa shape index (κ2) is 16.0. The number of hydrogen-bond donors (Lipinski definition) is 4. The number of halogens is 1. The molecule has 4 amide bonds. The number of methoxy groups -OCH3 is 1. The lowest BCUT2D eigenvalue weighted by Gasteiger charge is -2.35. The molecule has 3 heterocycles. The largest absolute Gasteiger partial charge is 0.494 e. The molecule has 0 spiro atoms. The molecule has 300 valence electrons. The normalized spacial score (nSPS) is 22.6. The van der Waals surface area contributed by atoms with Crippen molar-refractivity contribution in [2.75, 3.05) is 19.0 Å². The number of nitrogens with one attached hydrogen (secondary N) is 3. The summed E-state index contributed by atoms with van der Waals surface area (Å²) in [5, 5.41) is 20.4. The molecule has 0 bridgehead atoms. The first-order valence-electron chi connectivity index (χ1n) is 18.6. The molecule has 15 nitrogen and oxygen atoms in total. The highest BCUT2D eigenvalue weighted by Crippen LogP contribution is 2.45. The number of fused-ring (bicyclic) bond motifs is 1. The van der Waals surface area contributed by atoms with Crippen molar-refractivity contribution in [3.63, 3.8) is 0 Å². The van der Waals surface area contributed by atoms with Crippen molar-refractivity contribution in [1.82, 2.24) is 25.5 Å². The van der Waals surface area contributed by atoms with E-state index in [2.05, 4.69) is 32.5 Å². The first-order chi connectivity index (χ1) is 26.6. The summed E-state index contributed by atoms with van der Waals surface area (Å²) >= 11 is 1.16. The second-order valence-corrected chi connectivity index (χ2v) is 16.3. The summed E-state index contributed by atoms with van der Waals surface area (Å²) in [6.07, 6.45) is 3.24. The molecule has 3 aromatic rings. The fourth-order valence-electron chi connectivity index (χ4n) is 7.25. The Morgan fingerprint density at radius 2 is 1.86 bits per heavy atom. The molecule has 17 heteroatoms. The highest BCUT2D eigenvalue weighted by molar-refractivity contribution is 7.14. The van der Waals surface area contributed by atoms with Gasteiger partial charge in [-0.3, -0.25) is 14.4 Å². The monoisotopic (exact) mass is 794 g/mol. The molecule has 6 rings (SSSR count). The Morgan fingerprint density at radius 3 is 2.48 bits per heavy atom. The standard InChI is InChI=1S/C39H47FN6O9S/c1-7-20-17-39(20,35(50)51)45-33(48)26-15-22(18-46(26)34(49)32(38(3,4)5)44-37(52)55-21-11-9-10-12-21)54-28-16-24(25-19-56-36(42-25)43-29(47)8-2)41-31-23(28)13-14-27(53-6)30(31)40/h7,13-14,16,19-22,26,32H,1,8-12,15,17-18H2,2-6H3,(H,44,52)(H,45,48)(H,50,51)(H,42,43,47)/t20-,22-,26-,32?,39-/m1/s1. The molecule has 56 heavy (non-hydrogen) atoms. The number of alkyl carbamates (subject to hydrolysis) is 1. The minimum atomic E-state index is -1.57. The van der Waals surface area contributed by atoms with Crippen LogP contribution in [0.4, 0.5) is 14.3 Å². The third-order valence-corrected chi connectivity index (χ3v) is 11.3. The topological polar surface area (TPSA) is 198 Å². The smallest absolute Gasteiger partial charge is 0.408 e. The SMILES string of the molecule is C=C[C@@H]1C[C@]1(NC(=O)[C@H]1C[C@@H](Oc2cc(-c3csc(NC(=O)CC)n3)nc3c(F)c(OC)ccc23)CN1C(=O)C(NC(=O)OC1CCCC1)C(C)(C)C)C(=O)O. The summed E-state index contributed by atoms with van der Waals surface area (Å²) in [6, 6.07) is 2.22. The molecule has 3 fully saturated rings. The molecule has 2 aliphatic carbocycles. The van der Waals surface area contributed by atoms with Gasteiger partial charge in [0.05, 0.1) is 19.3 Å². The third kappa shape index (κ3) is 8.27. The molecule has 1 saturated heterocycles. The number of carbonyl (C=O) groups excluding carboxylic acids is 4. The molecule has 1 unspecified atom stereocenters. The number of amides is 4. The van der Waals surface area contributed by atoms with Crippen molar-refractivity contribution in [2.45, 2.75) is 102 Å². The van der Waals surface area contributed by atoms with E-state index in [9.17, 15) is 29.1 Å². The molecular formula is C39H47FN6O9S. The first-order valence-corrected chi connectivity index (χ1v) is 19.5. The maximum absolute atomic E-state index is 15.8. The van der Waals surface area contributed by atoms with Crippen molar-refractivity contribution in [3.05, 3.63) is 42.1 Å². The lowest BCUT2D eigenvalue weighted by Crippen LogP contribution is -2.59. The van der Waals surface area contributed by atoms with Crippen LogP contribution in [-0.4, -0.2) is 93.2 Å². The minimum Gasteiger partial charge on any atom is -0.494 e. The Kier molecular flexibility index (Phi) is 11.6. The van der Waals surface area contributed by atoms with Gasteiger partial charge < -0.3 is 40.2 Å². The van der Waals surface area contributed by atoms with Gasteiger partial charge in [0.2, 0.25) is 17.7 Å². The van der Waals surface area contributed by atoms with Crippen LogP contribution in [0.5, 0.6) is 11.5 Å². The lowest BCUT2D eigenvalue weighted by atomic mass is 9.85. The number of likely N-dealkylation sites (tertiary alicyclic amines) is 1. The minimum absolute atomic E-state index is 0.0610. The number of thiazole rings is 1. The van der Waals surface area contributed by atoms with Gasteiger partial charge in [0.1, 0.15) is 46.8 Å². The maximum Gasteiger partial charge on any atom is 0.408 e. The van der Waals surface area contributed by atoms with Crippen molar-refractivity contribution in [2.24, 2.45) is 11.3 Å². The number of ether oxygens (including phenoxy) is 3. The van der Waals surface area contributed by atoms with Gasteiger partial charge in [0.15, 0.2) is 16.7 Å². The maximum atomic E-state index is 15.8. The molecule has 5 atom stereocenters. The van der Waals surface area contributed by atoms with E-state index in [1.165, 1.54) is 24.2 Å². The predicted octanol–water partition coefficient (Wildman–Crippen LogP) is 5.43. The van der Waals surface area contributed by atoms with Crippen LogP contribution >= 0.6 is 11.3 Å².